The lowest BCUT2D eigenvalue weighted by Gasteiger charge is -2.21. The van der Waals surface area contributed by atoms with Crippen molar-refractivity contribution in [2.45, 2.75) is 6.54 Å². The summed E-state index contributed by atoms with van der Waals surface area (Å²) in [6.07, 6.45) is 0. The summed E-state index contributed by atoms with van der Waals surface area (Å²) in [7, 11) is 1.80. The van der Waals surface area contributed by atoms with Crippen LogP contribution in [0.5, 0.6) is 0 Å². The van der Waals surface area contributed by atoms with Gasteiger partial charge in [-0.3, -0.25) is 5.41 Å². The smallest absolute Gasteiger partial charge is 0.161 e. The van der Waals surface area contributed by atoms with Crippen LogP contribution in [0.1, 0.15) is 11.1 Å². The summed E-state index contributed by atoms with van der Waals surface area (Å²) in [5.41, 5.74) is 7.21. The molecule has 0 heterocycles. The van der Waals surface area contributed by atoms with Crippen molar-refractivity contribution in [3.8, 4) is 0 Å². The summed E-state index contributed by atoms with van der Waals surface area (Å²) in [6, 6.07) is 10.6. The Bertz CT molecular complexity index is 673. The van der Waals surface area contributed by atoms with Crippen LogP contribution >= 0.6 is 27.5 Å². The number of rotatable bonds is 4. The van der Waals surface area contributed by atoms with E-state index in [-0.39, 0.29) is 10.3 Å². The lowest BCUT2D eigenvalue weighted by atomic mass is 10.1. The number of benzene rings is 2. The van der Waals surface area contributed by atoms with Gasteiger partial charge in [0.25, 0.3) is 0 Å². The second-order valence-corrected chi connectivity index (χ2v) is 5.89. The number of halogens is 3. The average molecular weight is 371 g/mol. The Hall–Kier alpha value is -1.59. The lowest BCUT2D eigenvalue weighted by Crippen LogP contribution is -2.19. The predicted octanol–water partition coefficient (Wildman–Crippen LogP) is 4.16. The molecule has 0 aliphatic rings. The number of nitrogen functional groups attached to an aromatic ring is 1. The zero-order valence-electron chi connectivity index (χ0n) is 11.3. The molecule has 2 rings (SSSR count). The van der Waals surface area contributed by atoms with Gasteiger partial charge in [0.05, 0.1) is 10.2 Å². The second kappa shape index (κ2) is 6.45. The summed E-state index contributed by atoms with van der Waals surface area (Å²) in [5, 5.41) is 8.07. The molecule has 0 fully saturated rings. The molecule has 2 aromatic rings. The molecule has 0 atom stereocenters. The number of hydrogen-bond donors (Lipinski definition) is 2. The van der Waals surface area contributed by atoms with E-state index in [1.165, 1.54) is 0 Å². The summed E-state index contributed by atoms with van der Waals surface area (Å²) >= 11 is 9.00. The number of nitrogens with one attached hydrogen (secondary N) is 1. The highest BCUT2D eigenvalue weighted by molar-refractivity contribution is 9.10. The van der Waals surface area contributed by atoms with Crippen LogP contribution in [0, 0.1) is 11.2 Å². The number of hydrogen-bond acceptors (Lipinski definition) is 2. The van der Waals surface area contributed by atoms with Gasteiger partial charge < -0.3 is 10.6 Å². The molecule has 0 aromatic heterocycles. The van der Waals surface area contributed by atoms with Gasteiger partial charge in [0.1, 0.15) is 5.84 Å². The fourth-order valence-electron chi connectivity index (χ4n) is 1.99. The van der Waals surface area contributed by atoms with Crippen molar-refractivity contribution in [3.63, 3.8) is 0 Å². The molecule has 0 amide bonds. The highest BCUT2D eigenvalue weighted by atomic mass is 79.9. The van der Waals surface area contributed by atoms with Gasteiger partial charge in [-0.05, 0) is 45.8 Å². The summed E-state index contributed by atoms with van der Waals surface area (Å²) in [6.45, 7) is 0.542. The molecular formula is C15H14BrClFN3. The largest absolute Gasteiger partial charge is 0.384 e. The van der Waals surface area contributed by atoms with E-state index in [0.29, 0.717) is 22.8 Å². The molecule has 0 unspecified atom stereocenters. The quantitative estimate of drug-likeness (QED) is 0.627. The average Bonchev–Trinajstić information content (AvgIpc) is 2.43. The van der Waals surface area contributed by atoms with Crippen LogP contribution in [0.25, 0.3) is 0 Å². The molecule has 0 saturated heterocycles. The van der Waals surface area contributed by atoms with Crippen molar-refractivity contribution < 1.29 is 4.39 Å². The Kier molecular flexibility index (Phi) is 4.85. The minimum atomic E-state index is -0.431. The van der Waals surface area contributed by atoms with E-state index in [1.54, 1.807) is 36.2 Å². The molecule has 0 radical (unpaired) electrons. The van der Waals surface area contributed by atoms with Gasteiger partial charge in [0.15, 0.2) is 5.82 Å². The van der Waals surface area contributed by atoms with Crippen molar-refractivity contribution >= 4 is 39.1 Å². The van der Waals surface area contributed by atoms with E-state index in [1.807, 2.05) is 12.1 Å². The van der Waals surface area contributed by atoms with E-state index in [4.69, 9.17) is 22.7 Å². The molecule has 110 valence electrons. The third-order valence-corrected chi connectivity index (χ3v) is 4.12. The molecule has 6 heteroatoms. The molecule has 2 aromatic carbocycles. The van der Waals surface area contributed by atoms with Crippen LogP contribution < -0.4 is 10.6 Å². The Morgan fingerprint density at radius 3 is 2.48 bits per heavy atom. The zero-order chi connectivity index (χ0) is 15.6. The van der Waals surface area contributed by atoms with Crippen molar-refractivity contribution in [1.29, 1.82) is 5.41 Å². The monoisotopic (exact) mass is 369 g/mol. The van der Waals surface area contributed by atoms with Crippen LogP contribution in [0.2, 0.25) is 5.02 Å². The fraction of sp³-hybridized carbons (Fsp3) is 0.133. The maximum Gasteiger partial charge on any atom is 0.161 e. The normalized spacial score (nSPS) is 10.5. The first-order valence-electron chi connectivity index (χ1n) is 6.18. The first-order chi connectivity index (χ1) is 9.90. The van der Waals surface area contributed by atoms with Gasteiger partial charge in [-0.1, -0.05) is 23.7 Å². The van der Waals surface area contributed by atoms with Crippen molar-refractivity contribution in [2.24, 2.45) is 5.73 Å². The highest BCUT2D eigenvalue weighted by Gasteiger charge is 2.15. The molecule has 0 spiro atoms. The standard InChI is InChI=1S/C15H14BrClFN3/c1-21(8-9-2-4-10(17)5-3-9)12-7-6-11(15(19)20)13(16)14(12)18/h2-7H,8H2,1H3,(H3,19,20). The molecule has 0 aliphatic heterocycles. The molecule has 0 bridgehead atoms. The van der Waals surface area contributed by atoms with Crippen LogP contribution in [0.15, 0.2) is 40.9 Å². The van der Waals surface area contributed by atoms with Crippen molar-refractivity contribution in [1.82, 2.24) is 0 Å². The number of nitrogens with two attached hydrogens (primary N) is 1. The third kappa shape index (κ3) is 3.54. The van der Waals surface area contributed by atoms with Gasteiger partial charge in [0, 0.05) is 24.2 Å². The van der Waals surface area contributed by atoms with E-state index in [0.717, 1.165) is 5.56 Å². The molecule has 0 aliphatic carbocycles. The van der Waals surface area contributed by atoms with Gasteiger partial charge in [-0.15, -0.1) is 0 Å². The van der Waals surface area contributed by atoms with Crippen LogP contribution in [-0.4, -0.2) is 12.9 Å². The summed E-state index contributed by atoms with van der Waals surface area (Å²) in [4.78, 5) is 1.78. The highest BCUT2D eigenvalue weighted by Crippen LogP contribution is 2.29. The van der Waals surface area contributed by atoms with Crippen molar-refractivity contribution in [2.75, 3.05) is 11.9 Å². The lowest BCUT2D eigenvalue weighted by molar-refractivity contribution is 0.615. The van der Waals surface area contributed by atoms with E-state index < -0.39 is 5.82 Å². The number of nitrogens with zero attached hydrogens (tertiary/aromatic N) is 1. The Balaban J connectivity index is 2.27. The second-order valence-electron chi connectivity index (χ2n) is 4.66. The fourth-order valence-corrected chi connectivity index (χ4v) is 2.67. The number of amidine groups is 1. The van der Waals surface area contributed by atoms with Crippen LogP contribution in [0.3, 0.4) is 0 Å². The maximum atomic E-state index is 14.4. The zero-order valence-corrected chi connectivity index (χ0v) is 13.7. The van der Waals surface area contributed by atoms with Crippen LogP contribution in [-0.2, 0) is 6.54 Å². The molecule has 21 heavy (non-hydrogen) atoms. The SMILES string of the molecule is CN(Cc1ccc(Cl)cc1)c1ccc(C(=N)N)c(Br)c1F. The van der Waals surface area contributed by atoms with Gasteiger partial charge in [-0.25, -0.2) is 4.39 Å². The first kappa shape index (κ1) is 15.8. The summed E-state index contributed by atoms with van der Waals surface area (Å²) < 4.78 is 14.6. The number of anilines is 1. The van der Waals surface area contributed by atoms with E-state index in [9.17, 15) is 4.39 Å². The van der Waals surface area contributed by atoms with Gasteiger partial charge >= 0.3 is 0 Å². The Morgan fingerprint density at radius 1 is 1.29 bits per heavy atom. The third-order valence-electron chi connectivity index (χ3n) is 3.10. The maximum absolute atomic E-state index is 14.4. The Labute approximate surface area is 136 Å². The topological polar surface area (TPSA) is 53.1 Å². The molecule has 0 saturated carbocycles. The van der Waals surface area contributed by atoms with Gasteiger partial charge in [-0.2, -0.15) is 0 Å². The minimum Gasteiger partial charge on any atom is -0.384 e. The first-order valence-corrected chi connectivity index (χ1v) is 7.35. The summed E-state index contributed by atoms with van der Waals surface area (Å²) in [5.74, 6) is -0.605. The minimum absolute atomic E-state index is 0.173. The van der Waals surface area contributed by atoms with E-state index >= 15 is 0 Å². The van der Waals surface area contributed by atoms with Crippen molar-refractivity contribution in [3.05, 3.63) is 62.8 Å². The molecular weight excluding hydrogens is 357 g/mol. The van der Waals surface area contributed by atoms with Crippen LogP contribution in [0.4, 0.5) is 10.1 Å². The Morgan fingerprint density at radius 2 is 1.90 bits per heavy atom. The van der Waals surface area contributed by atoms with Gasteiger partial charge in [0.2, 0.25) is 0 Å². The molecule has 3 N–H and O–H groups in total. The van der Waals surface area contributed by atoms with E-state index in [2.05, 4.69) is 15.9 Å². The molecule has 3 nitrogen and oxygen atoms in total. The predicted molar refractivity (Wildman–Crippen MR) is 88.7 cm³/mol.